The number of carbonyl (C=O) groups excluding carboxylic acids is 1. The number of nitrogens with zero attached hydrogens (tertiary/aromatic N) is 1. The number of hydrogen-bond acceptors (Lipinski definition) is 3. The molecule has 0 aromatic carbocycles. The molecule has 0 radical (unpaired) electrons. The molecular formula is C14H26N2O2. The SMILES string of the molecule is CN(CCC1CCCCC1)C(=O)C1CC(O)CN1. The first-order valence-corrected chi connectivity index (χ1v) is 7.33. The predicted octanol–water partition coefficient (Wildman–Crippen LogP) is 1.14. The third kappa shape index (κ3) is 3.69. The molecule has 2 aliphatic rings. The highest BCUT2D eigenvalue weighted by Gasteiger charge is 2.30. The molecule has 2 atom stereocenters. The summed E-state index contributed by atoms with van der Waals surface area (Å²) >= 11 is 0. The highest BCUT2D eigenvalue weighted by Crippen LogP contribution is 2.26. The molecule has 1 saturated heterocycles. The average Bonchev–Trinajstić information content (AvgIpc) is 2.83. The number of aliphatic hydroxyl groups excluding tert-OH is 1. The molecule has 2 rings (SSSR count). The Morgan fingerprint density at radius 2 is 2.06 bits per heavy atom. The first kappa shape index (κ1) is 13.8. The fraction of sp³-hybridized carbons (Fsp3) is 0.929. The Balaban J connectivity index is 1.70. The molecule has 1 amide bonds. The summed E-state index contributed by atoms with van der Waals surface area (Å²) in [4.78, 5) is 14.0. The van der Waals surface area contributed by atoms with E-state index in [1.54, 1.807) is 0 Å². The van der Waals surface area contributed by atoms with Crippen LogP contribution in [0.4, 0.5) is 0 Å². The Kier molecular flexibility index (Phi) is 5.01. The molecular weight excluding hydrogens is 228 g/mol. The molecule has 0 aromatic heterocycles. The van der Waals surface area contributed by atoms with Gasteiger partial charge < -0.3 is 15.3 Å². The number of amides is 1. The summed E-state index contributed by atoms with van der Waals surface area (Å²) in [5.41, 5.74) is 0. The second-order valence-electron chi connectivity index (χ2n) is 5.90. The zero-order valence-corrected chi connectivity index (χ0v) is 11.4. The summed E-state index contributed by atoms with van der Waals surface area (Å²) in [5, 5.41) is 12.5. The Labute approximate surface area is 110 Å². The van der Waals surface area contributed by atoms with Crippen LogP contribution in [0.25, 0.3) is 0 Å². The van der Waals surface area contributed by atoms with Gasteiger partial charge in [0, 0.05) is 20.1 Å². The van der Waals surface area contributed by atoms with Crippen molar-refractivity contribution in [2.75, 3.05) is 20.1 Å². The Morgan fingerprint density at radius 3 is 2.67 bits per heavy atom. The summed E-state index contributed by atoms with van der Waals surface area (Å²) in [7, 11) is 1.89. The van der Waals surface area contributed by atoms with Crippen LogP contribution in [0.3, 0.4) is 0 Å². The number of likely N-dealkylation sites (N-methyl/N-ethyl adjacent to an activating group) is 1. The normalized spacial score (nSPS) is 29.4. The Bertz CT molecular complexity index is 277. The summed E-state index contributed by atoms with van der Waals surface area (Å²) in [6.07, 6.45) is 8.12. The number of carbonyl (C=O) groups is 1. The largest absolute Gasteiger partial charge is 0.392 e. The van der Waals surface area contributed by atoms with E-state index in [4.69, 9.17) is 0 Å². The second kappa shape index (κ2) is 6.53. The van der Waals surface area contributed by atoms with E-state index in [2.05, 4.69) is 5.32 Å². The van der Waals surface area contributed by atoms with Crippen LogP contribution in [0, 0.1) is 5.92 Å². The molecule has 2 unspecified atom stereocenters. The first-order chi connectivity index (χ1) is 8.66. The molecule has 1 saturated carbocycles. The van der Waals surface area contributed by atoms with Crippen molar-refractivity contribution >= 4 is 5.91 Å². The van der Waals surface area contributed by atoms with Crippen molar-refractivity contribution in [3.63, 3.8) is 0 Å². The van der Waals surface area contributed by atoms with E-state index in [0.29, 0.717) is 13.0 Å². The van der Waals surface area contributed by atoms with E-state index in [9.17, 15) is 9.90 Å². The van der Waals surface area contributed by atoms with Gasteiger partial charge in [-0.2, -0.15) is 0 Å². The van der Waals surface area contributed by atoms with Crippen LogP contribution in [0.2, 0.25) is 0 Å². The fourth-order valence-corrected chi connectivity index (χ4v) is 3.13. The van der Waals surface area contributed by atoms with E-state index in [1.807, 2.05) is 11.9 Å². The molecule has 0 bridgehead atoms. The van der Waals surface area contributed by atoms with Crippen molar-refractivity contribution in [1.82, 2.24) is 10.2 Å². The maximum absolute atomic E-state index is 12.1. The number of β-amino-alcohol motifs (C(OH)–C–C–N with tert-alkyl or cyclic N) is 1. The zero-order valence-electron chi connectivity index (χ0n) is 11.4. The number of rotatable bonds is 4. The highest BCUT2D eigenvalue weighted by atomic mass is 16.3. The molecule has 1 aliphatic carbocycles. The zero-order chi connectivity index (χ0) is 13.0. The fourth-order valence-electron chi connectivity index (χ4n) is 3.13. The molecule has 0 spiro atoms. The van der Waals surface area contributed by atoms with Crippen LogP contribution in [0.15, 0.2) is 0 Å². The maximum atomic E-state index is 12.1. The van der Waals surface area contributed by atoms with Gasteiger partial charge in [-0.25, -0.2) is 0 Å². The summed E-state index contributed by atoms with van der Waals surface area (Å²) in [6.45, 7) is 1.41. The lowest BCUT2D eigenvalue weighted by Gasteiger charge is -2.26. The standard InChI is InChI=1S/C14H26N2O2/c1-16(8-7-11-5-3-2-4-6-11)14(18)13-9-12(17)10-15-13/h11-13,15,17H,2-10H2,1H3. The van der Waals surface area contributed by atoms with Gasteiger partial charge in [0.15, 0.2) is 0 Å². The van der Waals surface area contributed by atoms with Crippen LogP contribution in [0.5, 0.6) is 0 Å². The monoisotopic (exact) mass is 254 g/mol. The molecule has 2 fully saturated rings. The van der Waals surface area contributed by atoms with Crippen molar-refractivity contribution in [3.05, 3.63) is 0 Å². The molecule has 0 aromatic rings. The molecule has 1 heterocycles. The first-order valence-electron chi connectivity index (χ1n) is 7.33. The van der Waals surface area contributed by atoms with E-state index < -0.39 is 0 Å². The quantitative estimate of drug-likeness (QED) is 0.791. The lowest BCUT2D eigenvalue weighted by molar-refractivity contribution is -0.132. The maximum Gasteiger partial charge on any atom is 0.239 e. The van der Waals surface area contributed by atoms with Gasteiger partial charge in [-0.15, -0.1) is 0 Å². The van der Waals surface area contributed by atoms with Crippen LogP contribution >= 0.6 is 0 Å². The molecule has 18 heavy (non-hydrogen) atoms. The smallest absolute Gasteiger partial charge is 0.239 e. The van der Waals surface area contributed by atoms with Gasteiger partial charge in [-0.05, 0) is 18.8 Å². The van der Waals surface area contributed by atoms with Gasteiger partial charge >= 0.3 is 0 Å². The third-order valence-electron chi connectivity index (χ3n) is 4.38. The van der Waals surface area contributed by atoms with E-state index >= 15 is 0 Å². The Morgan fingerprint density at radius 1 is 1.33 bits per heavy atom. The van der Waals surface area contributed by atoms with Crippen molar-refractivity contribution < 1.29 is 9.90 Å². The van der Waals surface area contributed by atoms with Crippen LogP contribution in [0.1, 0.15) is 44.9 Å². The van der Waals surface area contributed by atoms with Gasteiger partial charge in [0.05, 0.1) is 12.1 Å². The summed E-state index contributed by atoms with van der Waals surface area (Å²) in [5.74, 6) is 0.957. The molecule has 4 nitrogen and oxygen atoms in total. The molecule has 4 heteroatoms. The number of hydrogen-bond donors (Lipinski definition) is 2. The lowest BCUT2D eigenvalue weighted by atomic mass is 9.87. The minimum Gasteiger partial charge on any atom is -0.392 e. The highest BCUT2D eigenvalue weighted by molar-refractivity contribution is 5.82. The van der Waals surface area contributed by atoms with Crippen LogP contribution in [-0.2, 0) is 4.79 Å². The number of aliphatic hydroxyl groups is 1. The Hall–Kier alpha value is -0.610. The lowest BCUT2D eigenvalue weighted by Crippen LogP contribution is -2.42. The predicted molar refractivity (Wildman–Crippen MR) is 71.2 cm³/mol. The van der Waals surface area contributed by atoms with E-state index in [0.717, 1.165) is 18.9 Å². The van der Waals surface area contributed by atoms with Gasteiger partial charge in [-0.3, -0.25) is 4.79 Å². The van der Waals surface area contributed by atoms with Gasteiger partial charge in [0.1, 0.15) is 0 Å². The summed E-state index contributed by atoms with van der Waals surface area (Å²) in [6, 6.07) is -0.170. The van der Waals surface area contributed by atoms with Gasteiger partial charge in [0.25, 0.3) is 0 Å². The van der Waals surface area contributed by atoms with Crippen molar-refractivity contribution in [2.45, 2.75) is 57.1 Å². The topological polar surface area (TPSA) is 52.6 Å². The van der Waals surface area contributed by atoms with Gasteiger partial charge in [-0.1, -0.05) is 32.1 Å². The molecule has 104 valence electrons. The van der Waals surface area contributed by atoms with Crippen LogP contribution in [-0.4, -0.2) is 48.2 Å². The van der Waals surface area contributed by atoms with Crippen molar-refractivity contribution in [1.29, 1.82) is 0 Å². The minimum atomic E-state index is -0.356. The van der Waals surface area contributed by atoms with E-state index in [-0.39, 0.29) is 18.1 Å². The van der Waals surface area contributed by atoms with Crippen LogP contribution < -0.4 is 5.32 Å². The van der Waals surface area contributed by atoms with E-state index in [1.165, 1.54) is 32.1 Å². The molecule has 2 N–H and O–H groups in total. The number of nitrogens with one attached hydrogen (secondary N) is 1. The van der Waals surface area contributed by atoms with Crippen molar-refractivity contribution in [2.24, 2.45) is 5.92 Å². The van der Waals surface area contributed by atoms with Crippen molar-refractivity contribution in [3.8, 4) is 0 Å². The third-order valence-corrected chi connectivity index (χ3v) is 4.38. The van der Waals surface area contributed by atoms with Gasteiger partial charge in [0.2, 0.25) is 5.91 Å². The average molecular weight is 254 g/mol. The summed E-state index contributed by atoms with van der Waals surface area (Å²) < 4.78 is 0. The molecule has 1 aliphatic heterocycles. The second-order valence-corrected chi connectivity index (χ2v) is 5.90. The minimum absolute atomic E-state index is 0.141.